The van der Waals surface area contributed by atoms with Gasteiger partial charge in [-0.1, -0.05) is 28.2 Å². The molecule has 2 aliphatic rings. The van der Waals surface area contributed by atoms with Crippen LogP contribution in [0.1, 0.15) is 38.5 Å². The van der Waals surface area contributed by atoms with E-state index in [9.17, 15) is 4.79 Å². The largest absolute Gasteiger partial charge is 0.299 e. The second kappa shape index (κ2) is 3.13. The summed E-state index contributed by atoms with van der Waals surface area (Å²) in [5, 5.41) is 0. The maximum atomic E-state index is 11.7. The number of hydrogen-bond acceptors (Lipinski definition) is 1. The van der Waals surface area contributed by atoms with E-state index in [1.807, 2.05) is 0 Å². The number of rotatable bonds is 0. The maximum absolute atomic E-state index is 11.7. The molecule has 1 spiro atoms. The maximum Gasteiger partial charge on any atom is 0.143 e. The molecule has 2 heteroatoms. The predicted octanol–water partition coefficient (Wildman–Crippen LogP) is 3.23. The van der Waals surface area contributed by atoms with Gasteiger partial charge in [0.25, 0.3) is 0 Å². The third-order valence-corrected chi connectivity index (χ3v) is 4.09. The highest BCUT2D eigenvalue weighted by molar-refractivity contribution is 14.1. The third-order valence-electron chi connectivity index (χ3n) is 3.34. The topological polar surface area (TPSA) is 17.1 Å². The molecule has 0 aromatic rings. The summed E-state index contributed by atoms with van der Waals surface area (Å²) >= 11 is 2.28. The van der Waals surface area contributed by atoms with Crippen LogP contribution in [0.5, 0.6) is 0 Å². The SMILES string of the molecule is O=C1CCCC12CCC/C2=C/I. The Kier molecular flexibility index (Phi) is 2.27. The van der Waals surface area contributed by atoms with Gasteiger partial charge in [-0.05, 0) is 36.2 Å². The fraction of sp³-hybridized carbons (Fsp3) is 0.700. The van der Waals surface area contributed by atoms with E-state index < -0.39 is 0 Å². The molecule has 1 unspecified atom stereocenters. The van der Waals surface area contributed by atoms with Crippen LogP contribution in [0.25, 0.3) is 0 Å². The molecule has 0 aromatic carbocycles. The van der Waals surface area contributed by atoms with Crippen LogP contribution in [0.3, 0.4) is 0 Å². The van der Waals surface area contributed by atoms with Crippen LogP contribution in [0.2, 0.25) is 0 Å². The Hall–Kier alpha value is 0.140. The molecule has 1 nitrogen and oxygen atoms in total. The van der Waals surface area contributed by atoms with Crippen molar-refractivity contribution in [1.29, 1.82) is 0 Å². The Morgan fingerprint density at radius 3 is 2.50 bits per heavy atom. The lowest BCUT2D eigenvalue weighted by molar-refractivity contribution is -0.123. The van der Waals surface area contributed by atoms with Crippen molar-refractivity contribution in [1.82, 2.24) is 0 Å². The van der Waals surface area contributed by atoms with Gasteiger partial charge in [-0.3, -0.25) is 4.79 Å². The summed E-state index contributed by atoms with van der Waals surface area (Å²) in [4.78, 5) is 11.7. The molecule has 12 heavy (non-hydrogen) atoms. The van der Waals surface area contributed by atoms with E-state index in [1.165, 1.54) is 12.0 Å². The Balaban J connectivity index is 2.35. The summed E-state index contributed by atoms with van der Waals surface area (Å²) in [6, 6.07) is 0. The smallest absolute Gasteiger partial charge is 0.143 e. The van der Waals surface area contributed by atoms with Crippen molar-refractivity contribution >= 4 is 28.4 Å². The molecule has 0 bridgehead atoms. The zero-order valence-electron chi connectivity index (χ0n) is 7.11. The molecule has 0 heterocycles. The van der Waals surface area contributed by atoms with Crippen molar-refractivity contribution in [2.45, 2.75) is 38.5 Å². The average Bonchev–Trinajstić information content (AvgIpc) is 2.62. The molecule has 0 aromatic heterocycles. The zero-order valence-corrected chi connectivity index (χ0v) is 9.26. The summed E-state index contributed by atoms with van der Waals surface area (Å²) in [6.07, 6.45) is 6.58. The minimum Gasteiger partial charge on any atom is -0.299 e. The van der Waals surface area contributed by atoms with Crippen LogP contribution in [0.4, 0.5) is 0 Å². The molecule has 2 aliphatic carbocycles. The standard InChI is InChI=1S/C10H13IO/c11-7-8-3-1-5-10(8)6-2-4-9(10)12/h7H,1-6H2/b8-7-. The predicted molar refractivity (Wildman–Crippen MR) is 57.2 cm³/mol. The first-order valence-electron chi connectivity index (χ1n) is 4.63. The number of ketones is 1. The quantitative estimate of drug-likeness (QED) is 0.621. The summed E-state index contributed by atoms with van der Waals surface area (Å²) in [5.74, 6) is 0.517. The van der Waals surface area contributed by atoms with Crippen LogP contribution in [-0.4, -0.2) is 5.78 Å². The number of Topliss-reactive ketones (excluding diaryl/α,β-unsaturated/α-hetero) is 1. The first-order valence-corrected chi connectivity index (χ1v) is 5.87. The Labute approximate surface area is 86.7 Å². The minimum atomic E-state index is 0.0290. The lowest BCUT2D eigenvalue weighted by Gasteiger charge is -2.22. The molecule has 2 saturated carbocycles. The van der Waals surface area contributed by atoms with E-state index in [4.69, 9.17) is 0 Å². The highest BCUT2D eigenvalue weighted by Crippen LogP contribution is 2.51. The van der Waals surface area contributed by atoms with Gasteiger partial charge in [0.2, 0.25) is 0 Å². The van der Waals surface area contributed by atoms with E-state index in [0.29, 0.717) is 5.78 Å². The molecule has 0 amide bonds. The summed E-state index contributed by atoms with van der Waals surface area (Å²) in [6.45, 7) is 0. The van der Waals surface area contributed by atoms with Gasteiger partial charge in [0.05, 0.1) is 5.41 Å². The summed E-state index contributed by atoms with van der Waals surface area (Å²) in [5.41, 5.74) is 1.45. The highest BCUT2D eigenvalue weighted by atomic mass is 127. The van der Waals surface area contributed by atoms with Gasteiger partial charge in [-0.15, -0.1) is 0 Å². The molecule has 2 fully saturated rings. The molecule has 66 valence electrons. The number of carbonyl (C=O) groups is 1. The van der Waals surface area contributed by atoms with Crippen molar-refractivity contribution in [3.05, 3.63) is 9.66 Å². The third kappa shape index (κ3) is 1.07. The average molecular weight is 276 g/mol. The fourth-order valence-corrected chi connectivity index (χ4v) is 3.58. The van der Waals surface area contributed by atoms with Crippen LogP contribution in [0, 0.1) is 5.41 Å². The van der Waals surface area contributed by atoms with E-state index in [-0.39, 0.29) is 5.41 Å². The molecular formula is C10H13IO. The second-order valence-corrected chi connectivity index (χ2v) is 4.47. The number of halogens is 1. The van der Waals surface area contributed by atoms with Gasteiger partial charge in [0, 0.05) is 6.42 Å². The van der Waals surface area contributed by atoms with Gasteiger partial charge in [0.1, 0.15) is 5.78 Å². The Morgan fingerprint density at radius 1 is 1.25 bits per heavy atom. The van der Waals surface area contributed by atoms with Crippen LogP contribution in [-0.2, 0) is 4.79 Å². The summed E-state index contributed by atoms with van der Waals surface area (Å²) in [7, 11) is 0. The minimum absolute atomic E-state index is 0.0290. The second-order valence-electron chi connectivity index (χ2n) is 3.85. The molecule has 0 radical (unpaired) electrons. The van der Waals surface area contributed by atoms with E-state index in [1.54, 1.807) is 0 Å². The molecule has 0 aliphatic heterocycles. The van der Waals surface area contributed by atoms with Gasteiger partial charge in [-0.2, -0.15) is 0 Å². The monoisotopic (exact) mass is 276 g/mol. The van der Waals surface area contributed by atoms with Crippen LogP contribution < -0.4 is 0 Å². The summed E-state index contributed by atoms with van der Waals surface area (Å²) < 4.78 is 2.15. The van der Waals surface area contributed by atoms with Gasteiger partial charge >= 0.3 is 0 Å². The highest BCUT2D eigenvalue weighted by Gasteiger charge is 2.46. The molecule has 2 rings (SSSR count). The van der Waals surface area contributed by atoms with E-state index >= 15 is 0 Å². The first kappa shape index (κ1) is 8.73. The first-order chi connectivity index (χ1) is 5.79. The number of hydrogen-bond donors (Lipinski definition) is 0. The molecule has 0 saturated heterocycles. The number of allylic oxidation sites excluding steroid dienone is 1. The van der Waals surface area contributed by atoms with Crippen molar-refractivity contribution in [3.8, 4) is 0 Å². The zero-order chi connectivity index (χ0) is 8.60. The molecule has 1 atom stereocenters. The van der Waals surface area contributed by atoms with Crippen molar-refractivity contribution in [2.24, 2.45) is 5.41 Å². The number of carbonyl (C=O) groups excluding carboxylic acids is 1. The van der Waals surface area contributed by atoms with E-state index in [2.05, 4.69) is 26.7 Å². The molecular weight excluding hydrogens is 263 g/mol. The van der Waals surface area contributed by atoms with Crippen molar-refractivity contribution in [3.63, 3.8) is 0 Å². The van der Waals surface area contributed by atoms with Crippen LogP contribution in [0.15, 0.2) is 9.66 Å². The van der Waals surface area contributed by atoms with Crippen molar-refractivity contribution in [2.75, 3.05) is 0 Å². The Bertz CT molecular complexity index is 240. The lowest BCUT2D eigenvalue weighted by Crippen LogP contribution is -2.23. The van der Waals surface area contributed by atoms with Gasteiger partial charge < -0.3 is 0 Å². The van der Waals surface area contributed by atoms with E-state index in [0.717, 1.165) is 32.1 Å². The van der Waals surface area contributed by atoms with Gasteiger partial charge in [-0.25, -0.2) is 0 Å². The van der Waals surface area contributed by atoms with Crippen LogP contribution >= 0.6 is 22.6 Å². The van der Waals surface area contributed by atoms with Gasteiger partial charge in [0.15, 0.2) is 0 Å². The normalized spacial score (nSPS) is 38.8. The fourth-order valence-electron chi connectivity index (χ4n) is 2.67. The van der Waals surface area contributed by atoms with Crippen molar-refractivity contribution < 1.29 is 4.79 Å². The Morgan fingerprint density at radius 2 is 1.92 bits per heavy atom. The molecule has 0 N–H and O–H groups in total. The lowest BCUT2D eigenvalue weighted by atomic mass is 9.80.